The van der Waals surface area contributed by atoms with Gasteiger partial charge in [0, 0.05) is 0 Å². The van der Waals surface area contributed by atoms with Gasteiger partial charge in [0.1, 0.15) is 12.2 Å². The van der Waals surface area contributed by atoms with Crippen LogP contribution in [0.2, 0.25) is 0 Å². The van der Waals surface area contributed by atoms with E-state index in [-0.39, 0.29) is 5.56 Å². The van der Waals surface area contributed by atoms with Gasteiger partial charge in [0.05, 0.1) is 44.2 Å². The Balaban J connectivity index is 2.85. The number of carbonyl (C=O) groups is 1. The maximum Gasteiger partial charge on any atom is 0.335 e. The van der Waals surface area contributed by atoms with Crippen LogP contribution >= 0.6 is 0 Å². The number of methoxy groups -OCH3 is 2. The number of hydrogen-bond acceptors (Lipinski definition) is 5. The van der Waals surface area contributed by atoms with E-state index in [2.05, 4.69) is 44.2 Å². The first-order valence-electron chi connectivity index (χ1n) is 6.05. The van der Waals surface area contributed by atoms with Crippen molar-refractivity contribution in [1.82, 2.24) is 0 Å². The molecular weight excluding hydrogens is 272 g/mol. The zero-order chi connectivity index (χ0) is 15.5. The molecule has 0 atom stereocenters. The third-order valence-corrected chi connectivity index (χ3v) is 2.35. The van der Waals surface area contributed by atoms with Gasteiger partial charge in [-0.05, 0) is 30.0 Å². The fraction of sp³-hybridized carbons (Fsp3) is 0.267. The number of rotatable bonds is 5. The van der Waals surface area contributed by atoms with Crippen molar-refractivity contribution in [2.24, 2.45) is 0 Å². The van der Waals surface area contributed by atoms with Crippen LogP contribution in [-0.2, 0) is 9.47 Å². The van der Waals surface area contributed by atoms with Crippen molar-refractivity contribution in [1.29, 1.82) is 0 Å². The van der Waals surface area contributed by atoms with Crippen LogP contribution in [0.3, 0.4) is 0 Å². The minimum atomic E-state index is -0.994. The fourth-order valence-corrected chi connectivity index (χ4v) is 1.47. The summed E-state index contributed by atoms with van der Waals surface area (Å²) >= 11 is 0. The highest BCUT2D eigenvalue weighted by molar-refractivity contribution is 5.90. The van der Waals surface area contributed by atoms with Crippen molar-refractivity contribution in [2.45, 2.75) is 0 Å². The molecule has 0 aliphatic carbocycles. The van der Waals surface area contributed by atoms with Crippen molar-refractivity contribution in [3.63, 3.8) is 0 Å². The molecule has 0 aliphatic heterocycles. The summed E-state index contributed by atoms with van der Waals surface area (Å²) in [6.07, 6.45) is 4.91. The molecule has 1 aromatic carbocycles. The molecule has 0 bridgehead atoms. The second-order valence-corrected chi connectivity index (χ2v) is 3.74. The van der Waals surface area contributed by atoms with Gasteiger partial charge in [-0.1, -0.05) is 0 Å². The SMILES string of the molecule is COC#CCNc1ccc(C(=O)O)cc1NCC#COC. The van der Waals surface area contributed by atoms with E-state index in [4.69, 9.17) is 5.11 Å². The van der Waals surface area contributed by atoms with Crippen LogP contribution in [0.4, 0.5) is 11.4 Å². The van der Waals surface area contributed by atoms with Crippen LogP contribution in [0.1, 0.15) is 10.4 Å². The molecule has 0 aromatic heterocycles. The second kappa shape index (κ2) is 9.00. The molecule has 6 nitrogen and oxygen atoms in total. The van der Waals surface area contributed by atoms with Gasteiger partial charge in [0.25, 0.3) is 0 Å². The summed E-state index contributed by atoms with van der Waals surface area (Å²) in [7, 11) is 2.95. The minimum Gasteiger partial charge on any atom is -0.478 e. The molecule has 0 saturated heterocycles. The number of benzene rings is 1. The lowest BCUT2D eigenvalue weighted by molar-refractivity contribution is 0.0697. The number of aromatic carboxylic acids is 1. The Morgan fingerprint density at radius 3 is 2.19 bits per heavy atom. The van der Waals surface area contributed by atoms with Gasteiger partial charge in [0.15, 0.2) is 0 Å². The van der Waals surface area contributed by atoms with E-state index in [1.54, 1.807) is 6.07 Å². The molecule has 6 heteroatoms. The van der Waals surface area contributed by atoms with E-state index in [9.17, 15) is 4.79 Å². The van der Waals surface area contributed by atoms with Crippen LogP contribution < -0.4 is 10.6 Å². The summed E-state index contributed by atoms with van der Waals surface area (Å²) < 4.78 is 9.25. The Hall–Kier alpha value is -2.99. The van der Waals surface area contributed by atoms with Gasteiger partial charge in [-0.25, -0.2) is 4.79 Å². The van der Waals surface area contributed by atoms with Crippen molar-refractivity contribution in [3.8, 4) is 24.1 Å². The molecule has 0 amide bonds. The minimum absolute atomic E-state index is 0.186. The maximum absolute atomic E-state index is 11.0. The van der Waals surface area contributed by atoms with Gasteiger partial charge in [-0.2, -0.15) is 0 Å². The lowest BCUT2D eigenvalue weighted by Gasteiger charge is -2.11. The van der Waals surface area contributed by atoms with Gasteiger partial charge in [-0.15, -0.1) is 0 Å². The van der Waals surface area contributed by atoms with Crippen molar-refractivity contribution in [3.05, 3.63) is 23.8 Å². The average molecular weight is 288 g/mol. The molecule has 0 radical (unpaired) electrons. The maximum atomic E-state index is 11.0. The molecule has 0 aliphatic rings. The molecule has 0 unspecified atom stereocenters. The summed E-state index contributed by atoms with van der Waals surface area (Å²) in [5.41, 5.74) is 1.54. The van der Waals surface area contributed by atoms with Crippen LogP contribution in [0.15, 0.2) is 18.2 Å². The van der Waals surface area contributed by atoms with Gasteiger partial charge in [0.2, 0.25) is 0 Å². The number of hydrogen-bond donors (Lipinski definition) is 3. The summed E-state index contributed by atoms with van der Waals surface area (Å²) in [4.78, 5) is 11.0. The van der Waals surface area contributed by atoms with Crippen LogP contribution in [-0.4, -0.2) is 38.4 Å². The monoisotopic (exact) mass is 288 g/mol. The summed E-state index contributed by atoms with van der Waals surface area (Å²) in [6.45, 7) is 0.702. The fourth-order valence-electron chi connectivity index (χ4n) is 1.47. The third kappa shape index (κ3) is 5.66. The normalized spacial score (nSPS) is 8.48. The van der Waals surface area contributed by atoms with Crippen molar-refractivity contribution in [2.75, 3.05) is 37.9 Å². The lowest BCUT2D eigenvalue weighted by atomic mass is 10.1. The smallest absolute Gasteiger partial charge is 0.335 e. The third-order valence-electron chi connectivity index (χ3n) is 2.35. The molecule has 110 valence electrons. The van der Waals surface area contributed by atoms with E-state index < -0.39 is 5.97 Å². The van der Waals surface area contributed by atoms with E-state index in [1.807, 2.05) is 0 Å². The molecule has 0 heterocycles. The standard InChI is InChI=1S/C15H16N2O4/c1-20-9-3-7-16-13-6-5-12(15(18)19)11-14(13)17-8-4-10-21-2/h5-6,11,16-17H,7-8H2,1-2H3,(H,18,19). The van der Waals surface area contributed by atoms with Gasteiger partial charge in [-0.3, -0.25) is 0 Å². The van der Waals surface area contributed by atoms with E-state index >= 15 is 0 Å². The Morgan fingerprint density at radius 1 is 1.10 bits per heavy atom. The number of ether oxygens (including phenoxy) is 2. The zero-order valence-electron chi connectivity index (χ0n) is 11.8. The number of anilines is 2. The summed E-state index contributed by atoms with van der Waals surface area (Å²) in [6, 6.07) is 4.72. The zero-order valence-corrected chi connectivity index (χ0v) is 11.8. The molecule has 1 aromatic rings. The Labute approximate surface area is 123 Å². The second-order valence-electron chi connectivity index (χ2n) is 3.74. The first kappa shape index (κ1) is 16.1. The first-order chi connectivity index (χ1) is 10.2. The molecule has 1 rings (SSSR count). The largest absolute Gasteiger partial charge is 0.478 e. The molecule has 3 N–H and O–H groups in total. The number of carboxylic acids is 1. The summed E-state index contributed by atoms with van der Waals surface area (Å²) in [5.74, 6) is 4.48. The van der Waals surface area contributed by atoms with E-state index in [1.165, 1.54) is 26.4 Å². The highest BCUT2D eigenvalue weighted by Crippen LogP contribution is 2.23. The predicted molar refractivity (Wildman–Crippen MR) is 80.0 cm³/mol. The van der Waals surface area contributed by atoms with E-state index in [0.29, 0.717) is 18.8 Å². The lowest BCUT2D eigenvalue weighted by Crippen LogP contribution is -2.07. The molecule has 21 heavy (non-hydrogen) atoms. The van der Waals surface area contributed by atoms with E-state index in [0.717, 1.165) is 5.69 Å². The van der Waals surface area contributed by atoms with Crippen molar-refractivity contribution >= 4 is 17.3 Å². The Kier molecular flexibility index (Phi) is 6.89. The van der Waals surface area contributed by atoms with Gasteiger partial charge < -0.3 is 25.2 Å². The highest BCUT2D eigenvalue weighted by Gasteiger charge is 2.07. The molecule has 0 fully saturated rings. The number of nitrogens with one attached hydrogen (secondary N) is 2. The summed E-state index contributed by atoms with van der Waals surface area (Å²) in [5, 5.41) is 15.1. The van der Waals surface area contributed by atoms with Crippen LogP contribution in [0.5, 0.6) is 0 Å². The van der Waals surface area contributed by atoms with Gasteiger partial charge >= 0.3 is 5.97 Å². The highest BCUT2D eigenvalue weighted by atomic mass is 16.5. The molecule has 0 spiro atoms. The first-order valence-corrected chi connectivity index (χ1v) is 6.05. The van der Waals surface area contributed by atoms with Crippen LogP contribution in [0, 0.1) is 24.1 Å². The average Bonchev–Trinajstić information content (AvgIpc) is 2.48. The topological polar surface area (TPSA) is 79.8 Å². The quantitative estimate of drug-likeness (QED) is 0.711. The van der Waals surface area contributed by atoms with Crippen LogP contribution in [0.25, 0.3) is 0 Å². The molecular formula is C15H16N2O4. The number of carboxylic acid groups (broad SMARTS) is 1. The predicted octanol–water partition coefficient (Wildman–Crippen LogP) is 1.42. The Bertz CT molecular complexity index is 606. The Morgan fingerprint density at radius 2 is 1.67 bits per heavy atom. The molecule has 0 saturated carbocycles. The van der Waals surface area contributed by atoms with Crippen molar-refractivity contribution < 1.29 is 19.4 Å².